The van der Waals surface area contributed by atoms with E-state index in [4.69, 9.17) is 5.73 Å². The summed E-state index contributed by atoms with van der Waals surface area (Å²) in [5.74, 6) is -0.699. The van der Waals surface area contributed by atoms with Gasteiger partial charge in [-0.2, -0.15) is 0 Å². The van der Waals surface area contributed by atoms with Gasteiger partial charge in [-0.05, 0) is 43.9 Å². The number of carbonyl (C=O) groups excluding carboxylic acids is 3. The fraction of sp³-hybridized carbons (Fsp3) is 0.571. The molecule has 0 unspecified atom stereocenters. The van der Waals surface area contributed by atoms with Gasteiger partial charge in [0.25, 0.3) is 17.7 Å². The van der Waals surface area contributed by atoms with Crippen LogP contribution in [0.1, 0.15) is 88.9 Å². The van der Waals surface area contributed by atoms with Crippen LogP contribution in [0.4, 0.5) is 0 Å². The first kappa shape index (κ1) is 18.2. The van der Waals surface area contributed by atoms with Crippen molar-refractivity contribution >= 4 is 17.7 Å². The van der Waals surface area contributed by atoms with Gasteiger partial charge in [-0.25, -0.2) is 0 Å². The van der Waals surface area contributed by atoms with Crippen molar-refractivity contribution in [3.63, 3.8) is 0 Å². The van der Waals surface area contributed by atoms with Crippen molar-refractivity contribution in [1.29, 1.82) is 0 Å². The van der Waals surface area contributed by atoms with Crippen LogP contribution in [-0.2, 0) is 0 Å². The molecule has 1 heterocycles. The van der Waals surface area contributed by atoms with Crippen molar-refractivity contribution in [2.45, 2.75) is 69.4 Å². The first-order valence-corrected chi connectivity index (χ1v) is 10.1. The number of nitrogens with two attached hydrogens (primary N) is 1. The molecule has 0 spiro atoms. The van der Waals surface area contributed by atoms with Crippen LogP contribution in [0.5, 0.6) is 0 Å². The number of amides is 3. The highest BCUT2D eigenvalue weighted by Crippen LogP contribution is 2.32. The Morgan fingerprint density at radius 2 is 1.70 bits per heavy atom. The van der Waals surface area contributed by atoms with E-state index in [9.17, 15) is 14.4 Å². The predicted octanol–water partition coefficient (Wildman–Crippen LogP) is 2.62. The second kappa shape index (κ2) is 7.08. The molecular weight excluding hydrogens is 342 g/mol. The topological polar surface area (TPSA) is 92.5 Å². The first-order valence-electron chi connectivity index (χ1n) is 10.1. The predicted molar refractivity (Wildman–Crippen MR) is 102 cm³/mol. The van der Waals surface area contributed by atoms with Gasteiger partial charge in [0.05, 0.1) is 16.7 Å². The Morgan fingerprint density at radius 1 is 1.04 bits per heavy atom. The standard InChI is InChI=1S/C21H27N3O3/c22-13-21(10-4-5-11-21)23-18(25)14-8-9-16-17(12-14)20(27)24(19(16)26)15-6-2-1-3-7-15/h8-9,12,15H,1-7,10-11,13,22H2,(H,23,25). The summed E-state index contributed by atoms with van der Waals surface area (Å²) in [6, 6.07) is 4.83. The van der Waals surface area contributed by atoms with E-state index in [0.717, 1.165) is 57.8 Å². The molecule has 3 amide bonds. The molecule has 0 atom stereocenters. The largest absolute Gasteiger partial charge is 0.345 e. The summed E-state index contributed by atoms with van der Waals surface area (Å²) in [5.41, 5.74) is 6.75. The molecule has 27 heavy (non-hydrogen) atoms. The zero-order valence-corrected chi connectivity index (χ0v) is 15.6. The van der Waals surface area contributed by atoms with Crippen LogP contribution in [0, 0.1) is 0 Å². The third-order valence-corrected chi connectivity index (χ3v) is 6.45. The molecule has 3 N–H and O–H groups in total. The lowest BCUT2D eigenvalue weighted by Gasteiger charge is -2.29. The summed E-state index contributed by atoms with van der Waals surface area (Å²) < 4.78 is 0. The highest BCUT2D eigenvalue weighted by molar-refractivity contribution is 6.22. The minimum atomic E-state index is -0.343. The average molecular weight is 369 g/mol. The third-order valence-electron chi connectivity index (χ3n) is 6.45. The molecule has 3 aliphatic rings. The number of fused-ring (bicyclic) bond motifs is 1. The quantitative estimate of drug-likeness (QED) is 0.798. The molecule has 6 heteroatoms. The van der Waals surface area contributed by atoms with Gasteiger partial charge in [0.2, 0.25) is 0 Å². The maximum atomic E-state index is 12.9. The van der Waals surface area contributed by atoms with E-state index in [1.54, 1.807) is 18.2 Å². The number of benzene rings is 1. The molecule has 1 aromatic carbocycles. The summed E-state index contributed by atoms with van der Waals surface area (Å²) in [7, 11) is 0. The molecule has 2 saturated carbocycles. The van der Waals surface area contributed by atoms with Gasteiger partial charge in [-0.3, -0.25) is 19.3 Å². The highest BCUT2D eigenvalue weighted by atomic mass is 16.2. The number of carbonyl (C=O) groups is 3. The zero-order valence-electron chi connectivity index (χ0n) is 15.6. The van der Waals surface area contributed by atoms with E-state index < -0.39 is 0 Å². The molecule has 4 rings (SSSR count). The van der Waals surface area contributed by atoms with E-state index in [1.807, 2.05) is 0 Å². The van der Waals surface area contributed by atoms with Crippen LogP contribution in [0.2, 0.25) is 0 Å². The summed E-state index contributed by atoms with van der Waals surface area (Å²) in [6.07, 6.45) is 8.89. The first-order chi connectivity index (χ1) is 13.0. The maximum Gasteiger partial charge on any atom is 0.261 e. The molecule has 6 nitrogen and oxygen atoms in total. The van der Waals surface area contributed by atoms with E-state index in [0.29, 0.717) is 23.2 Å². The summed E-state index contributed by atoms with van der Waals surface area (Å²) >= 11 is 0. The van der Waals surface area contributed by atoms with Gasteiger partial charge in [0, 0.05) is 18.2 Å². The number of hydrogen-bond acceptors (Lipinski definition) is 4. The van der Waals surface area contributed by atoms with Crippen molar-refractivity contribution < 1.29 is 14.4 Å². The van der Waals surface area contributed by atoms with Gasteiger partial charge in [-0.1, -0.05) is 32.1 Å². The second-order valence-electron chi connectivity index (χ2n) is 8.18. The van der Waals surface area contributed by atoms with Gasteiger partial charge < -0.3 is 11.1 Å². The van der Waals surface area contributed by atoms with E-state index in [-0.39, 0.29) is 29.3 Å². The summed E-state index contributed by atoms with van der Waals surface area (Å²) in [4.78, 5) is 39.8. The Kier molecular flexibility index (Phi) is 4.76. The Morgan fingerprint density at radius 3 is 2.37 bits per heavy atom. The lowest BCUT2D eigenvalue weighted by atomic mass is 9.94. The molecule has 1 aromatic rings. The van der Waals surface area contributed by atoms with Crippen LogP contribution in [-0.4, -0.2) is 40.7 Å². The van der Waals surface area contributed by atoms with Crippen LogP contribution < -0.4 is 11.1 Å². The molecule has 0 aromatic heterocycles. The summed E-state index contributed by atoms with van der Waals surface area (Å²) in [5, 5.41) is 3.08. The van der Waals surface area contributed by atoms with E-state index >= 15 is 0 Å². The van der Waals surface area contributed by atoms with Crippen LogP contribution in [0.25, 0.3) is 0 Å². The molecule has 1 aliphatic heterocycles. The number of imide groups is 1. The fourth-order valence-electron chi connectivity index (χ4n) is 4.82. The van der Waals surface area contributed by atoms with E-state index in [1.165, 1.54) is 4.90 Å². The molecule has 2 fully saturated rings. The minimum Gasteiger partial charge on any atom is -0.345 e. The number of hydrogen-bond donors (Lipinski definition) is 2. The highest BCUT2D eigenvalue weighted by Gasteiger charge is 2.41. The van der Waals surface area contributed by atoms with Crippen molar-refractivity contribution in [2.75, 3.05) is 6.54 Å². The van der Waals surface area contributed by atoms with Crippen molar-refractivity contribution in [3.8, 4) is 0 Å². The molecule has 144 valence electrons. The average Bonchev–Trinajstić information content (AvgIpc) is 3.26. The fourth-order valence-corrected chi connectivity index (χ4v) is 4.82. The van der Waals surface area contributed by atoms with Crippen LogP contribution >= 0.6 is 0 Å². The van der Waals surface area contributed by atoms with Crippen LogP contribution in [0.15, 0.2) is 18.2 Å². The van der Waals surface area contributed by atoms with Gasteiger partial charge >= 0.3 is 0 Å². The Bertz CT molecular complexity index is 777. The molecular formula is C21H27N3O3. The van der Waals surface area contributed by atoms with Crippen molar-refractivity contribution in [1.82, 2.24) is 10.2 Å². The van der Waals surface area contributed by atoms with Crippen molar-refractivity contribution in [3.05, 3.63) is 34.9 Å². The van der Waals surface area contributed by atoms with Gasteiger partial charge in [0.1, 0.15) is 0 Å². The second-order valence-corrected chi connectivity index (χ2v) is 8.18. The Labute approximate surface area is 159 Å². The molecule has 0 bridgehead atoms. The maximum absolute atomic E-state index is 12.9. The smallest absolute Gasteiger partial charge is 0.261 e. The Hall–Kier alpha value is -2.21. The normalized spacial score (nSPS) is 22.2. The van der Waals surface area contributed by atoms with Crippen molar-refractivity contribution in [2.24, 2.45) is 5.73 Å². The Balaban J connectivity index is 1.56. The lowest BCUT2D eigenvalue weighted by Crippen LogP contribution is -2.51. The number of nitrogens with zero attached hydrogens (tertiary/aromatic N) is 1. The molecule has 0 saturated heterocycles. The molecule has 2 aliphatic carbocycles. The monoisotopic (exact) mass is 369 g/mol. The number of rotatable bonds is 4. The summed E-state index contributed by atoms with van der Waals surface area (Å²) in [6.45, 7) is 0.413. The number of nitrogens with one attached hydrogen (secondary N) is 1. The zero-order chi connectivity index (χ0) is 19.0. The van der Waals surface area contributed by atoms with Crippen LogP contribution in [0.3, 0.4) is 0 Å². The lowest BCUT2D eigenvalue weighted by molar-refractivity contribution is 0.0548. The van der Waals surface area contributed by atoms with Gasteiger partial charge in [0.15, 0.2) is 0 Å². The van der Waals surface area contributed by atoms with E-state index in [2.05, 4.69) is 5.32 Å². The van der Waals surface area contributed by atoms with Gasteiger partial charge in [-0.15, -0.1) is 0 Å². The molecule has 0 radical (unpaired) electrons. The minimum absolute atomic E-state index is 0.0116. The third kappa shape index (κ3) is 3.16. The SMILES string of the molecule is NCC1(NC(=O)c2ccc3c(c2)C(=O)N(C2CCCCC2)C3=O)CCCC1.